The van der Waals surface area contributed by atoms with Gasteiger partial charge in [0.1, 0.15) is 10.9 Å². The number of hydrogen-bond donors (Lipinski definition) is 2. The van der Waals surface area contributed by atoms with Gasteiger partial charge in [-0.05, 0) is 27.7 Å². The van der Waals surface area contributed by atoms with Crippen LogP contribution >= 0.6 is 27.7 Å². The predicted octanol–water partition coefficient (Wildman–Crippen LogP) is 2.24. The van der Waals surface area contributed by atoms with E-state index in [1.54, 1.807) is 18.0 Å². The second-order valence-corrected chi connectivity index (χ2v) is 4.52. The SMILES string of the molecule is CCSc1ncc(Br)cc1C(=N)N. The fourth-order valence-electron chi connectivity index (χ4n) is 0.871. The summed E-state index contributed by atoms with van der Waals surface area (Å²) in [6, 6.07) is 1.81. The molecule has 0 atom stereocenters. The van der Waals surface area contributed by atoms with Gasteiger partial charge in [0.05, 0.1) is 0 Å². The quantitative estimate of drug-likeness (QED) is 0.497. The summed E-state index contributed by atoms with van der Waals surface area (Å²) in [6.45, 7) is 2.04. The van der Waals surface area contributed by atoms with E-state index in [2.05, 4.69) is 20.9 Å². The zero-order valence-electron chi connectivity index (χ0n) is 7.17. The van der Waals surface area contributed by atoms with Gasteiger partial charge in [0.2, 0.25) is 0 Å². The minimum Gasteiger partial charge on any atom is -0.384 e. The molecule has 1 aromatic rings. The number of thioether (sulfide) groups is 1. The van der Waals surface area contributed by atoms with Crippen molar-refractivity contribution in [1.29, 1.82) is 5.41 Å². The van der Waals surface area contributed by atoms with Crippen LogP contribution in [0.1, 0.15) is 12.5 Å². The molecule has 3 nitrogen and oxygen atoms in total. The minimum atomic E-state index is 0.0600. The molecule has 0 unspecified atom stereocenters. The van der Waals surface area contributed by atoms with E-state index in [-0.39, 0.29) is 5.84 Å². The smallest absolute Gasteiger partial charge is 0.125 e. The summed E-state index contributed by atoms with van der Waals surface area (Å²) in [5, 5.41) is 8.17. The summed E-state index contributed by atoms with van der Waals surface area (Å²) in [4.78, 5) is 4.18. The van der Waals surface area contributed by atoms with Crippen LogP contribution in [0, 0.1) is 5.41 Å². The molecular formula is C8H10BrN3S. The molecule has 3 N–H and O–H groups in total. The lowest BCUT2D eigenvalue weighted by Gasteiger charge is -2.05. The van der Waals surface area contributed by atoms with Gasteiger partial charge in [0.25, 0.3) is 0 Å². The summed E-state index contributed by atoms with van der Waals surface area (Å²) in [5.41, 5.74) is 6.12. The normalized spacial score (nSPS) is 10.0. The Morgan fingerprint density at radius 1 is 1.77 bits per heavy atom. The Labute approximate surface area is 89.8 Å². The third-order valence-electron chi connectivity index (χ3n) is 1.39. The van der Waals surface area contributed by atoms with Gasteiger partial charge >= 0.3 is 0 Å². The Morgan fingerprint density at radius 3 is 3.00 bits per heavy atom. The van der Waals surface area contributed by atoms with Crippen LogP contribution < -0.4 is 5.73 Å². The molecule has 0 aliphatic rings. The molecule has 0 saturated heterocycles. The second kappa shape index (κ2) is 4.62. The van der Waals surface area contributed by atoms with Crippen molar-refractivity contribution in [3.8, 4) is 0 Å². The topological polar surface area (TPSA) is 62.8 Å². The third-order valence-corrected chi connectivity index (χ3v) is 2.71. The van der Waals surface area contributed by atoms with Crippen molar-refractivity contribution in [2.45, 2.75) is 11.9 Å². The molecule has 13 heavy (non-hydrogen) atoms. The highest BCUT2D eigenvalue weighted by Crippen LogP contribution is 2.22. The number of aromatic nitrogens is 1. The number of hydrogen-bond acceptors (Lipinski definition) is 3. The summed E-state index contributed by atoms with van der Waals surface area (Å²) in [7, 11) is 0. The summed E-state index contributed by atoms with van der Waals surface area (Å²) < 4.78 is 0.846. The molecule has 0 radical (unpaired) electrons. The van der Waals surface area contributed by atoms with E-state index in [0.717, 1.165) is 15.3 Å². The van der Waals surface area contributed by atoms with Gasteiger partial charge in [-0.15, -0.1) is 11.8 Å². The molecule has 1 heterocycles. The Morgan fingerprint density at radius 2 is 2.46 bits per heavy atom. The summed E-state index contributed by atoms with van der Waals surface area (Å²) >= 11 is 4.88. The molecule has 0 fully saturated rings. The molecule has 0 amide bonds. The molecule has 5 heteroatoms. The van der Waals surface area contributed by atoms with Crippen LogP contribution in [-0.4, -0.2) is 16.6 Å². The first-order valence-corrected chi connectivity index (χ1v) is 5.55. The molecule has 70 valence electrons. The zero-order chi connectivity index (χ0) is 9.84. The highest BCUT2D eigenvalue weighted by atomic mass is 79.9. The zero-order valence-corrected chi connectivity index (χ0v) is 9.58. The van der Waals surface area contributed by atoms with Crippen molar-refractivity contribution < 1.29 is 0 Å². The highest BCUT2D eigenvalue weighted by Gasteiger charge is 2.06. The summed E-state index contributed by atoms with van der Waals surface area (Å²) in [5.74, 6) is 0.985. The van der Waals surface area contributed by atoms with Crippen molar-refractivity contribution >= 4 is 33.5 Å². The Bertz CT molecular complexity index is 327. The van der Waals surface area contributed by atoms with Crippen molar-refractivity contribution in [3.05, 3.63) is 22.3 Å². The average molecular weight is 260 g/mol. The predicted molar refractivity (Wildman–Crippen MR) is 59.4 cm³/mol. The van der Waals surface area contributed by atoms with E-state index in [0.29, 0.717) is 5.56 Å². The molecule has 0 saturated carbocycles. The first-order valence-electron chi connectivity index (χ1n) is 3.78. The van der Waals surface area contributed by atoms with Crippen LogP contribution in [0.25, 0.3) is 0 Å². The van der Waals surface area contributed by atoms with Gasteiger partial charge in [-0.1, -0.05) is 6.92 Å². The molecule has 0 bridgehead atoms. The van der Waals surface area contributed by atoms with Crippen LogP contribution in [0.3, 0.4) is 0 Å². The average Bonchev–Trinajstić information content (AvgIpc) is 2.08. The maximum absolute atomic E-state index is 7.35. The lowest BCUT2D eigenvalue weighted by Crippen LogP contribution is -2.13. The Balaban J connectivity index is 3.10. The minimum absolute atomic E-state index is 0.0600. The number of amidine groups is 1. The van der Waals surface area contributed by atoms with Crippen LogP contribution in [0.4, 0.5) is 0 Å². The number of nitrogen functional groups attached to an aromatic ring is 1. The first kappa shape index (κ1) is 10.5. The fraction of sp³-hybridized carbons (Fsp3) is 0.250. The maximum atomic E-state index is 7.35. The van der Waals surface area contributed by atoms with Gasteiger partial charge in [-0.2, -0.15) is 0 Å². The van der Waals surface area contributed by atoms with Crippen LogP contribution in [-0.2, 0) is 0 Å². The lowest BCUT2D eigenvalue weighted by molar-refractivity contribution is 1.10. The number of nitrogens with one attached hydrogen (secondary N) is 1. The number of nitrogens with two attached hydrogens (primary N) is 1. The van der Waals surface area contributed by atoms with E-state index >= 15 is 0 Å². The third kappa shape index (κ3) is 2.70. The molecule has 0 aliphatic heterocycles. The highest BCUT2D eigenvalue weighted by molar-refractivity contribution is 9.10. The van der Waals surface area contributed by atoms with Gasteiger partial charge in [0, 0.05) is 16.2 Å². The number of pyridine rings is 1. The van der Waals surface area contributed by atoms with E-state index < -0.39 is 0 Å². The van der Waals surface area contributed by atoms with Crippen LogP contribution in [0.15, 0.2) is 21.8 Å². The van der Waals surface area contributed by atoms with Crippen molar-refractivity contribution in [1.82, 2.24) is 4.98 Å². The number of rotatable bonds is 3. The maximum Gasteiger partial charge on any atom is 0.125 e. The largest absolute Gasteiger partial charge is 0.384 e. The van der Waals surface area contributed by atoms with E-state index in [9.17, 15) is 0 Å². The Kier molecular flexibility index (Phi) is 3.74. The molecule has 0 aromatic carbocycles. The summed E-state index contributed by atoms with van der Waals surface area (Å²) in [6.07, 6.45) is 1.71. The first-order chi connectivity index (χ1) is 6.15. The van der Waals surface area contributed by atoms with E-state index in [1.807, 2.05) is 13.0 Å². The van der Waals surface area contributed by atoms with Crippen LogP contribution in [0.5, 0.6) is 0 Å². The van der Waals surface area contributed by atoms with Gasteiger partial charge in [-0.3, -0.25) is 5.41 Å². The number of halogens is 1. The van der Waals surface area contributed by atoms with Crippen molar-refractivity contribution in [3.63, 3.8) is 0 Å². The molecule has 1 rings (SSSR count). The molecule has 0 aliphatic carbocycles. The molecule has 0 spiro atoms. The molecular weight excluding hydrogens is 250 g/mol. The molecule has 1 aromatic heterocycles. The van der Waals surface area contributed by atoms with Gasteiger partial charge in [0.15, 0.2) is 0 Å². The second-order valence-electron chi connectivity index (χ2n) is 2.35. The van der Waals surface area contributed by atoms with Crippen LogP contribution in [0.2, 0.25) is 0 Å². The Hall–Kier alpha value is -0.550. The van der Waals surface area contributed by atoms with Gasteiger partial charge in [-0.25, -0.2) is 4.98 Å². The monoisotopic (exact) mass is 259 g/mol. The van der Waals surface area contributed by atoms with Crippen molar-refractivity contribution in [2.24, 2.45) is 5.73 Å². The van der Waals surface area contributed by atoms with E-state index in [1.165, 1.54) is 0 Å². The van der Waals surface area contributed by atoms with Crippen molar-refractivity contribution in [2.75, 3.05) is 5.75 Å². The van der Waals surface area contributed by atoms with E-state index in [4.69, 9.17) is 11.1 Å². The lowest BCUT2D eigenvalue weighted by atomic mass is 10.3. The number of nitrogens with zero attached hydrogens (tertiary/aromatic N) is 1. The standard InChI is InChI=1S/C8H10BrN3S/c1-2-13-8-6(7(10)11)3-5(9)4-12-8/h3-4H,2H2,1H3,(H3,10,11). The fourth-order valence-corrected chi connectivity index (χ4v) is 1.93. The van der Waals surface area contributed by atoms with Gasteiger partial charge < -0.3 is 5.73 Å².